The Morgan fingerprint density at radius 1 is 0.938 bits per heavy atom. The van der Waals surface area contributed by atoms with E-state index >= 15 is 0 Å². The lowest BCUT2D eigenvalue weighted by Crippen LogP contribution is -2.19. The highest BCUT2D eigenvalue weighted by atomic mass is 14.5. The van der Waals surface area contributed by atoms with Crippen LogP contribution in [-0.2, 0) is 17.4 Å². The fourth-order valence-corrected chi connectivity index (χ4v) is 1.92. The van der Waals surface area contributed by atoms with Crippen LogP contribution in [0.1, 0.15) is 58.2 Å². The molecule has 1 heteroatoms. The van der Waals surface area contributed by atoms with E-state index in [0.29, 0.717) is 6.54 Å². The minimum Gasteiger partial charge on any atom is -0.326 e. The lowest BCUT2D eigenvalue weighted by molar-refractivity contribution is 0.563. The van der Waals surface area contributed by atoms with Crippen LogP contribution in [0.5, 0.6) is 0 Å². The highest BCUT2D eigenvalue weighted by Gasteiger charge is 2.21. The maximum atomic E-state index is 5.81. The Balaban J connectivity index is 3.34. The van der Waals surface area contributed by atoms with Crippen molar-refractivity contribution < 1.29 is 0 Å². The average Bonchev–Trinajstić information content (AvgIpc) is 2.14. The zero-order chi connectivity index (χ0) is 12.6. The third-order valence-electron chi connectivity index (χ3n) is 3.00. The van der Waals surface area contributed by atoms with Crippen molar-refractivity contribution in [3.63, 3.8) is 0 Å². The number of rotatable bonds is 1. The third-order valence-corrected chi connectivity index (χ3v) is 3.00. The lowest BCUT2D eigenvalue weighted by Gasteiger charge is -2.27. The number of hydrogen-bond acceptors (Lipinski definition) is 1. The normalized spacial score (nSPS) is 12.9. The van der Waals surface area contributed by atoms with E-state index in [0.717, 1.165) is 0 Å². The molecule has 16 heavy (non-hydrogen) atoms. The van der Waals surface area contributed by atoms with Gasteiger partial charge >= 0.3 is 0 Å². The van der Waals surface area contributed by atoms with E-state index in [1.165, 1.54) is 16.7 Å². The molecule has 0 atom stereocenters. The SMILES string of the molecule is CC(C)(C)c1ccc(CN)c(C(C)(C)C)c1. The summed E-state index contributed by atoms with van der Waals surface area (Å²) in [6.45, 7) is 14.1. The molecule has 1 rings (SSSR count). The van der Waals surface area contributed by atoms with Crippen molar-refractivity contribution in [2.45, 2.75) is 58.9 Å². The van der Waals surface area contributed by atoms with Gasteiger partial charge in [0.15, 0.2) is 0 Å². The van der Waals surface area contributed by atoms with Gasteiger partial charge in [-0.25, -0.2) is 0 Å². The van der Waals surface area contributed by atoms with Crippen molar-refractivity contribution in [1.82, 2.24) is 0 Å². The summed E-state index contributed by atoms with van der Waals surface area (Å²) < 4.78 is 0. The lowest BCUT2D eigenvalue weighted by atomic mass is 9.78. The molecule has 0 heterocycles. The van der Waals surface area contributed by atoms with Crippen molar-refractivity contribution in [2.24, 2.45) is 5.73 Å². The van der Waals surface area contributed by atoms with Crippen LogP contribution in [0.2, 0.25) is 0 Å². The van der Waals surface area contributed by atoms with E-state index in [-0.39, 0.29) is 10.8 Å². The summed E-state index contributed by atoms with van der Waals surface area (Å²) in [4.78, 5) is 0. The molecule has 1 nitrogen and oxygen atoms in total. The van der Waals surface area contributed by atoms with Gasteiger partial charge in [0.05, 0.1) is 0 Å². The molecule has 1 aromatic carbocycles. The van der Waals surface area contributed by atoms with Crippen LogP contribution in [0.3, 0.4) is 0 Å². The summed E-state index contributed by atoms with van der Waals surface area (Å²) in [5.41, 5.74) is 10.2. The molecule has 0 saturated carbocycles. The van der Waals surface area contributed by atoms with E-state index < -0.39 is 0 Å². The summed E-state index contributed by atoms with van der Waals surface area (Å²) in [5.74, 6) is 0. The second kappa shape index (κ2) is 4.21. The van der Waals surface area contributed by atoms with Crippen molar-refractivity contribution in [2.75, 3.05) is 0 Å². The third kappa shape index (κ3) is 2.85. The smallest absolute Gasteiger partial charge is 0.0181 e. The molecule has 0 saturated heterocycles. The van der Waals surface area contributed by atoms with Crippen molar-refractivity contribution in [3.8, 4) is 0 Å². The van der Waals surface area contributed by atoms with Gasteiger partial charge in [0.1, 0.15) is 0 Å². The Bertz CT molecular complexity index is 364. The summed E-state index contributed by atoms with van der Waals surface area (Å²) in [7, 11) is 0. The van der Waals surface area contributed by atoms with E-state index in [2.05, 4.69) is 59.7 Å². The van der Waals surface area contributed by atoms with Crippen LogP contribution in [0, 0.1) is 0 Å². The zero-order valence-corrected chi connectivity index (χ0v) is 11.5. The number of hydrogen-bond donors (Lipinski definition) is 1. The molecule has 0 radical (unpaired) electrons. The standard InChI is InChI=1S/C15H25N/c1-14(2,3)12-8-7-11(10-16)13(9-12)15(4,5)6/h7-9H,10,16H2,1-6H3. The van der Waals surface area contributed by atoms with E-state index in [1.807, 2.05) is 0 Å². The van der Waals surface area contributed by atoms with Gasteiger partial charge in [-0.15, -0.1) is 0 Å². The highest BCUT2D eigenvalue weighted by Crippen LogP contribution is 2.31. The van der Waals surface area contributed by atoms with E-state index in [9.17, 15) is 0 Å². The molecular formula is C15H25N. The fourth-order valence-electron chi connectivity index (χ4n) is 1.92. The van der Waals surface area contributed by atoms with Crippen LogP contribution in [0.4, 0.5) is 0 Å². The Labute approximate surface area is 100 Å². The first kappa shape index (κ1) is 13.2. The molecule has 0 aliphatic rings. The van der Waals surface area contributed by atoms with Gasteiger partial charge in [-0.2, -0.15) is 0 Å². The van der Waals surface area contributed by atoms with E-state index in [1.54, 1.807) is 0 Å². The van der Waals surface area contributed by atoms with Gasteiger partial charge in [-0.1, -0.05) is 59.7 Å². The molecule has 2 N–H and O–H groups in total. The largest absolute Gasteiger partial charge is 0.326 e. The van der Waals surface area contributed by atoms with Gasteiger partial charge in [0.2, 0.25) is 0 Å². The van der Waals surface area contributed by atoms with Gasteiger partial charge in [0.25, 0.3) is 0 Å². The van der Waals surface area contributed by atoms with Crippen LogP contribution in [0.25, 0.3) is 0 Å². The molecule has 0 aliphatic carbocycles. The predicted octanol–water partition coefficient (Wildman–Crippen LogP) is 3.74. The molecular weight excluding hydrogens is 194 g/mol. The topological polar surface area (TPSA) is 26.0 Å². The molecule has 1 aromatic rings. The fraction of sp³-hybridized carbons (Fsp3) is 0.600. The zero-order valence-electron chi connectivity index (χ0n) is 11.5. The van der Waals surface area contributed by atoms with Gasteiger partial charge < -0.3 is 5.73 Å². The van der Waals surface area contributed by atoms with Gasteiger partial charge in [0, 0.05) is 6.54 Å². The molecule has 0 spiro atoms. The van der Waals surface area contributed by atoms with E-state index in [4.69, 9.17) is 5.73 Å². The Hall–Kier alpha value is -0.820. The first-order valence-electron chi connectivity index (χ1n) is 6.00. The monoisotopic (exact) mass is 219 g/mol. The number of benzene rings is 1. The van der Waals surface area contributed by atoms with Gasteiger partial charge in [-0.05, 0) is 27.5 Å². The molecule has 90 valence electrons. The Kier molecular flexibility index (Phi) is 3.49. The van der Waals surface area contributed by atoms with Crippen LogP contribution < -0.4 is 5.73 Å². The molecule has 0 bridgehead atoms. The van der Waals surface area contributed by atoms with Crippen molar-refractivity contribution in [3.05, 3.63) is 34.9 Å². The molecule has 0 aliphatic heterocycles. The van der Waals surface area contributed by atoms with Crippen molar-refractivity contribution >= 4 is 0 Å². The van der Waals surface area contributed by atoms with Crippen LogP contribution in [0.15, 0.2) is 18.2 Å². The molecule has 0 amide bonds. The summed E-state index contributed by atoms with van der Waals surface area (Å²) in [6.07, 6.45) is 0. The van der Waals surface area contributed by atoms with Crippen LogP contribution >= 0.6 is 0 Å². The summed E-state index contributed by atoms with van der Waals surface area (Å²) >= 11 is 0. The second-order valence-electron chi connectivity index (χ2n) is 6.58. The highest BCUT2D eigenvalue weighted by molar-refractivity contribution is 5.39. The first-order chi connectivity index (χ1) is 7.16. The Morgan fingerprint density at radius 3 is 1.88 bits per heavy atom. The van der Waals surface area contributed by atoms with Crippen molar-refractivity contribution in [1.29, 1.82) is 0 Å². The number of nitrogens with two attached hydrogens (primary N) is 1. The Morgan fingerprint density at radius 2 is 1.50 bits per heavy atom. The minimum absolute atomic E-state index is 0.163. The first-order valence-corrected chi connectivity index (χ1v) is 6.00. The second-order valence-corrected chi connectivity index (χ2v) is 6.58. The van der Waals surface area contributed by atoms with Gasteiger partial charge in [-0.3, -0.25) is 0 Å². The summed E-state index contributed by atoms with van der Waals surface area (Å²) in [5, 5.41) is 0. The quantitative estimate of drug-likeness (QED) is 0.765. The molecule has 0 fully saturated rings. The average molecular weight is 219 g/mol. The molecule has 0 aromatic heterocycles. The predicted molar refractivity (Wildman–Crippen MR) is 71.7 cm³/mol. The molecule has 0 unspecified atom stereocenters. The maximum Gasteiger partial charge on any atom is 0.0181 e. The minimum atomic E-state index is 0.163. The summed E-state index contributed by atoms with van der Waals surface area (Å²) in [6, 6.07) is 6.71. The van der Waals surface area contributed by atoms with Crippen LogP contribution in [-0.4, -0.2) is 0 Å². The maximum absolute atomic E-state index is 5.81.